The molecule has 3 heteroatoms. The lowest BCUT2D eigenvalue weighted by Crippen LogP contribution is -2.29. The van der Waals surface area contributed by atoms with Crippen LogP contribution >= 0.6 is 11.6 Å². The summed E-state index contributed by atoms with van der Waals surface area (Å²) in [6, 6.07) is 0. The molecule has 1 rings (SSSR count). The van der Waals surface area contributed by atoms with E-state index in [2.05, 4.69) is 30.4 Å². The number of rotatable bonds is 6. The Labute approximate surface area is 98.9 Å². The van der Waals surface area contributed by atoms with Crippen molar-refractivity contribution in [1.82, 2.24) is 9.80 Å². The lowest BCUT2D eigenvalue weighted by Gasteiger charge is -2.20. The molecule has 0 amide bonds. The van der Waals surface area contributed by atoms with Crippen molar-refractivity contribution in [2.45, 2.75) is 19.8 Å². The molecule has 1 atom stereocenters. The van der Waals surface area contributed by atoms with Crippen LogP contribution in [-0.4, -0.2) is 49.6 Å². The normalized spacial score (nSPS) is 22.5. The van der Waals surface area contributed by atoms with Crippen LogP contribution < -0.4 is 0 Å². The topological polar surface area (TPSA) is 6.48 Å². The number of hydrogen-bond donors (Lipinski definition) is 0. The van der Waals surface area contributed by atoms with Crippen molar-refractivity contribution in [2.75, 3.05) is 39.8 Å². The zero-order chi connectivity index (χ0) is 11.3. The minimum atomic E-state index is 0.762. The van der Waals surface area contributed by atoms with Crippen molar-refractivity contribution < 1.29 is 0 Å². The summed E-state index contributed by atoms with van der Waals surface area (Å²) in [5.41, 5.74) is 0. The maximum atomic E-state index is 5.81. The molecule has 0 aromatic rings. The van der Waals surface area contributed by atoms with Crippen LogP contribution in [0.4, 0.5) is 0 Å². The first-order valence-electron chi connectivity index (χ1n) is 5.86. The molecule has 0 bridgehead atoms. The Morgan fingerprint density at radius 1 is 1.60 bits per heavy atom. The summed E-state index contributed by atoms with van der Waals surface area (Å²) in [6.45, 7) is 11.6. The van der Waals surface area contributed by atoms with E-state index >= 15 is 0 Å². The minimum absolute atomic E-state index is 0.762. The third-order valence-electron chi connectivity index (χ3n) is 2.94. The van der Waals surface area contributed by atoms with Gasteiger partial charge in [0, 0.05) is 24.7 Å². The summed E-state index contributed by atoms with van der Waals surface area (Å²) >= 11 is 5.81. The van der Waals surface area contributed by atoms with Crippen LogP contribution in [-0.2, 0) is 0 Å². The molecule has 0 N–H and O–H groups in total. The van der Waals surface area contributed by atoms with E-state index in [1.54, 1.807) is 0 Å². The van der Waals surface area contributed by atoms with Gasteiger partial charge in [-0.15, -0.1) is 0 Å². The first-order chi connectivity index (χ1) is 7.11. The summed E-state index contributed by atoms with van der Waals surface area (Å²) in [5.74, 6) is 0.817. The van der Waals surface area contributed by atoms with Crippen LogP contribution in [0.15, 0.2) is 11.6 Å². The second-order valence-corrected chi connectivity index (χ2v) is 5.20. The molecule has 0 unspecified atom stereocenters. The lowest BCUT2D eigenvalue weighted by molar-refractivity contribution is 0.269. The second kappa shape index (κ2) is 6.51. The predicted octanol–water partition coefficient (Wildman–Crippen LogP) is 2.40. The van der Waals surface area contributed by atoms with E-state index in [1.165, 1.54) is 39.0 Å². The summed E-state index contributed by atoms with van der Waals surface area (Å²) < 4.78 is 0. The van der Waals surface area contributed by atoms with Crippen LogP contribution in [0.2, 0.25) is 0 Å². The van der Waals surface area contributed by atoms with Gasteiger partial charge in [-0.25, -0.2) is 0 Å². The van der Waals surface area contributed by atoms with E-state index in [1.807, 2.05) is 0 Å². The highest BCUT2D eigenvalue weighted by atomic mass is 35.5. The average molecular weight is 231 g/mol. The molecule has 2 nitrogen and oxygen atoms in total. The van der Waals surface area contributed by atoms with Gasteiger partial charge in [0.1, 0.15) is 0 Å². The molecule has 0 aliphatic carbocycles. The summed E-state index contributed by atoms with van der Waals surface area (Å²) in [6.07, 6.45) is 2.55. The van der Waals surface area contributed by atoms with Gasteiger partial charge in [-0.1, -0.05) is 25.1 Å². The highest BCUT2D eigenvalue weighted by Crippen LogP contribution is 2.18. The van der Waals surface area contributed by atoms with E-state index in [0.717, 1.165) is 17.5 Å². The summed E-state index contributed by atoms with van der Waals surface area (Å²) in [7, 11) is 2.21. The largest absolute Gasteiger partial charge is 0.306 e. The molecule has 0 aromatic heterocycles. The molecule has 1 aliphatic rings. The van der Waals surface area contributed by atoms with Crippen LogP contribution in [0, 0.1) is 5.92 Å². The fraction of sp³-hybridized carbons (Fsp3) is 0.833. The molecular weight excluding hydrogens is 208 g/mol. The molecule has 0 aromatic carbocycles. The SMILES string of the molecule is C=C(Cl)CN1CC[C@H](CN(C)CCC)C1. The maximum Gasteiger partial charge on any atom is 0.0335 e. The van der Waals surface area contributed by atoms with Gasteiger partial charge in [-0.05, 0) is 38.9 Å². The van der Waals surface area contributed by atoms with Crippen molar-refractivity contribution in [3.63, 3.8) is 0 Å². The summed E-state index contributed by atoms with van der Waals surface area (Å²) in [5, 5.41) is 0.762. The zero-order valence-electron chi connectivity index (χ0n) is 10.0. The van der Waals surface area contributed by atoms with Crippen LogP contribution in [0.25, 0.3) is 0 Å². The van der Waals surface area contributed by atoms with Crippen molar-refractivity contribution >= 4 is 11.6 Å². The Kier molecular flexibility index (Phi) is 5.65. The molecule has 1 heterocycles. The van der Waals surface area contributed by atoms with E-state index in [9.17, 15) is 0 Å². The predicted molar refractivity (Wildman–Crippen MR) is 67.3 cm³/mol. The summed E-state index contributed by atoms with van der Waals surface area (Å²) in [4.78, 5) is 4.84. The van der Waals surface area contributed by atoms with Crippen molar-refractivity contribution in [1.29, 1.82) is 0 Å². The molecule has 1 aliphatic heterocycles. The van der Waals surface area contributed by atoms with Gasteiger partial charge in [0.05, 0.1) is 0 Å². The third kappa shape index (κ3) is 5.01. The van der Waals surface area contributed by atoms with Gasteiger partial charge in [0.15, 0.2) is 0 Å². The standard InChI is InChI=1S/C12H23ClN2/c1-4-6-14(3)9-12-5-7-15(10-12)8-11(2)13/h12H,2,4-10H2,1,3H3/t12-/m1/s1. The van der Waals surface area contributed by atoms with Gasteiger partial charge in [0.25, 0.3) is 0 Å². The molecule has 0 radical (unpaired) electrons. The van der Waals surface area contributed by atoms with Gasteiger partial charge in [-0.2, -0.15) is 0 Å². The van der Waals surface area contributed by atoms with Gasteiger partial charge < -0.3 is 4.90 Å². The Hall–Kier alpha value is -0.0500. The highest BCUT2D eigenvalue weighted by Gasteiger charge is 2.23. The second-order valence-electron chi connectivity index (χ2n) is 4.67. The van der Waals surface area contributed by atoms with E-state index in [4.69, 9.17) is 11.6 Å². The number of hydrogen-bond acceptors (Lipinski definition) is 2. The number of likely N-dealkylation sites (tertiary alicyclic amines) is 1. The molecule has 0 saturated carbocycles. The van der Waals surface area contributed by atoms with E-state index in [-0.39, 0.29) is 0 Å². The van der Waals surface area contributed by atoms with Gasteiger partial charge >= 0.3 is 0 Å². The first kappa shape index (κ1) is 13.0. The van der Waals surface area contributed by atoms with Crippen molar-refractivity contribution in [3.05, 3.63) is 11.6 Å². The lowest BCUT2D eigenvalue weighted by atomic mass is 10.1. The van der Waals surface area contributed by atoms with Gasteiger partial charge in [-0.3, -0.25) is 4.90 Å². The smallest absolute Gasteiger partial charge is 0.0335 e. The monoisotopic (exact) mass is 230 g/mol. The maximum absolute atomic E-state index is 5.81. The number of halogens is 1. The quantitative estimate of drug-likeness (QED) is 0.692. The van der Waals surface area contributed by atoms with Crippen molar-refractivity contribution in [3.8, 4) is 0 Å². The van der Waals surface area contributed by atoms with Crippen molar-refractivity contribution in [2.24, 2.45) is 5.92 Å². The molecular formula is C12H23ClN2. The first-order valence-corrected chi connectivity index (χ1v) is 6.23. The zero-order valence-corrected chi connectivity index (χ0v) is 10.8. The fourth-order valence-electron chi connectivity index (χ4n) is 2.36. The van der Waals surface area contributed by atoms with Crippen LogP contribution in [0.1, 0.15) is 19.8 Å². The van der Waals surface area contributed by atoms with Crippen LogP contribution in [0.5, 0.6) is 0 Å². The highest BCUT2D eigenvalue weighted by molar-refractivity contribution is 6.29. The Morgan fingerprint density at radius 2 is 2.33 bits per heavy atom. The van der Waals surface area contributed by atoms with E-state index in [0.29, 0.717) is 0 Å². The van der Waals surface area contributed by atoms with Crippen LogP contribution in [0.3, 0.4) is 0 Å². The molecule has 88 valence electrons. The Bertz CT molecular complexity index is 206. The molecule has 15 heavy (non-hydrogen) atoms. The van der Waals surface area contributed by atoms with E-state index < -0.39 is 0 Å². The Morgan fingerprint density at radius 3 is 2.93 bits per heavy atom. The third-order valence-corrected chi connectivity index (χ3v) is 3.06. The average Bonchev–Trinajstić information content (AvgIpc) is 2.51. The minimum Gasteiger partial charge on any atom is -0.306 e. The molecule has 0 spiro atoms. The fourth-order valence-corrected chi connectivity index (χ4v) is 2.53. The number of nitrogens with zero attached hydrogens (tertiary/aromatic N) is 2. The Balaban J connectivity index is 2.21. The molecule has 1 saturated heterocycles. The molecule has 1 fully saturated rings. The van der Waals surface area contributed by atoms with Gasteiger partial charge in [0.2, 0.25) is 0 Å².